The summed E-state index contributed by atoms with van der Waals surface area (Å²) in [6.45, 7) is 1.89. The van der Waals surface area contributed by atoms with Gasteiger partial charge in [-0.1, -0.05) is 18.2 Å². The molecule has 0 fully saturated rings. The summed E-state index contributed by atoms with van der Waals surface area (Å²) in [6.07, 6.45) is 1.36. The number of nitrogens with one attached hydrogen (secondary N) is 1. The number of nitrogens with zero attached hydrogens (tertiary/aromatic N) is 2. The highest BCUT2D eigenvalue weighted by molar-refractivity contribution is 6.08. The summed E-state index contributed by atoms with van der Waals surface area (Å²) in [7, 11) is 4.40. The van der Waals surface area contributed by atoms with Crippen LogP contribution in [0.15, 0.2) is 48.7 Å². The van der Waals surface area contributed by atoms with Gasteiger partial charge in [-0.2, -0.15) is 5.10 Å². The number of esters is 1. The van der Waals surface area contributed by atoms with Crippen molar-refractivity contribution in [1.82, 2.24) is 9.78 Å². The van der Waals surface area contributed by atoms with Gasteiger partial charge in [0.25, 0.3) is 5.91 Å². The Kier molecular flexibility index (Phi) is 6.76. The Morgan fingerprint density at radius 2 is 1.65 bits per heavy atom. The lowest BCUT2D eigenvalue weighted by Gasteiger charge is -2.15. The van der Waals surface area contributed by atoms with E-state index in [0.717, 1.165) is 0 Å². The molecular formula is C22H23N3O6. The third-order valence-corrected chi connectivity index (χ3v) is 4.42. The largest absolute Gasteiger partial charge is 0.493 e. The zero-order chi connectivity index (χ0) is 22.4. The van der Waals surface area contributed by atoms with Crippen molar-refractivity contribution in [2.24, 2.45) is 0 Å². The molecule has 0 spiro atoms. The van der Waals surface area contributed by atoms with Crippen LogP contribution in [0.1, 0.15) is 27.6 Å². The number of hydrogen-bond donors (Lipinski definition) is 1. The topological polar surface area (TPSA) is 101 Å². The number of anilines is 1. The number of para-hydroxylation sites is 1. The molecule has 9 heteroatoms. The molecule has 1 aromatic heterocycles. The minimum Gasteiger partial charge on any atom is -0.493 e. The quantitative estimate of drug-likeness (QED) is 0.553. The number of ether oxygens (including phenoxy) is 4. The van der Waals surface area contributed by atoms with Crippen molar-refractivity contribution in [2.75, 3.05) is 33.3 Å². The minimum absolute atomic E-state index is 0.131. The SMILES string of the molecule is CCOC(=O)c1cnn(-c2ccccc2)c1NC(=O)c1cc(OC)c(OC)c(OC)c1. The number of aromatic nitrogens is 2. The van der Waals surface area contributed by atoms with Crippen LogP contribution in [0.2, 0.25) is 0 Å². The van der Waals surface area contributed by atoms with Gasteiger partial charge in [-0.25, -0.2) is 9.48 Å². The van der Waals surface area contributed by atoms with E-state index in [4.69, 9.17) is 18.9 Å². The predicted octanol–water partition coefficient (Wildman–Crippen LogP) is 3.33. The molecular weight excluding hydrogens is 402 g/mol. The van der Waals surface area contributed by atoms with Crippen molar-refractivity contribution in [1.29, 1.82) is 0 Å². The Bertz CT molecular complexity index is 1050. The summed E-state index contributed by atoms with van der Waals surface area (Å²) in [5, 5.41) is 7.03. The van der Waals surface area contributed by atoms with Gasteiger partial charge < -0.3 is 24.3 Å². The van der Waals surface area contributed by atoms with Crippen LogP contribution in [0.25, 0.3) is 5.69 Å². The van der Waals surface area contributed by atoms with Gasteiger partial charge in [-0.3, -0.25) is 4.79 Å². The highest BCUT2D eigenvalue weighted by Gasteiger charge is 2.23. The second kappa shape index (κ2) is 9.66. The molecule has 0 saturated heterocycles. The molecule has 0 unspecified atom stereocenters. The number of methoxy groups -OCH3 is 3. The molecule has 0 aliphatic heterocycles. The monoisotopic (exact) mass is 425 g/mol. The minimum atomic E-state index is -0.593. The smallest absolute Gasteiger partial charge is 0.343 e. The van der Waals surface area contributed by atoms with E-state index in [1.807, 2.05) is 18.2 Å². The van der Waals surface area contributed by atoms with Crippen LogP contribution in [-0.2, 0) is 4.74 Å². The Balaban J connectivity index is 2.04. The fourth-order valence-electron chi connectivity index (χ4n) is 2.98. The van der Waals surface area contributed by atoms with Crippen molar-refractivity contribution in [3.05, 3.63) is 59.8 Å². The molecule has 0 saturated carbocycles. The van der Waals surface area contributed by atoms with Gasteiger partial charge in [0.2, 0.25) is 5.75 Å². The maximum atomic E-state index is 13.1. The number of carbonyl (C=O) groups excluding carboxylic acids is 2. The van der Waals surface area contributed by atoms with Crippen LogP contribution in [-0.4, -0.2) is 49.6 Å². The molecule has 1 heterocycles. The first-order chi connectivity index (χ1) is 15.0. The van der Waals surface area contributed by atoms with E-state index in [1.54, 1.807) is 19.1 Å². The molecule has 0 aliphatic rings. The lowest BCUT2D eigenvalue weighted by atomic mass is 10.1. The first-order valence-corrected chi connectivity index (χ1v) is 9.45. The standard InChI is InChI=1S/C22H23N3O6/c1-5-31-22(27)16-13-23-25(15-9-7-6-8-10-15)20(16)24-21(26)14-11-17(28-2)19(30-4)18(12-14)29-3/h6-13H,5H2,1-4H3,(H,24,26). The van der Waals surface area contributed by atoms with Gasteiger partial charge in [0.15, 0.2) is 17.3 Å². The van der Waals surface area contributed by atoms with E-state index >= 15 is 0 Å². The van der Waals surface area contributed by atoms with E-state index < -0.39 is 11.9 Å². The van der Waals surface area contributed by atoms with Crippen molar-refractivity contribution in [3.8, 4) is 22.9 Å². The molecule has 0 aliphatic carbocycles. The molecule has 0 bridgehead atoms. The van der Waals surface area contributed by atoms with Crippen molar-refractivity contribution in [2.45, 2.75) is 6.92 Å². The fraction of sp³-hybridized carbons (Fsp3) is 0.227. The number of benzene rings is 2. The summed E-state index contributed by atoms with van der Waals surface area (Å²) in [6, 6.07) is 12.1. The zero-order valence-corrected chi connectivity index (χ0v) is 17.7. The van der Waals surface area contributed by atoms with Gasteiger partial charge in [0.1, 0.15) is 5.56 Å². The summed E-state index contributed by atoms with van der Waals surface area (Å²) < 4.78 is 22.5. The predicted molar refractivity (Wildman–Crippen MR) is 114 cm³/mol. The summed E-state index contributed by atoms with van der Waals surface area (Å²) in [5.41, 5.74) is 1.04. The number of carbonyl (C=O) groups is 2. The molecule has 0 atom stereocenters. The Labute approximate surface area is 179 Å². The van der Waals surface area contributed by atoms with E-state index in [-0.39, 0.29) is 23.6 Å². The number of hydrogen-bond acceptors (Lipinski definition) is 7. The summed E-state index contributed by atoms with van der Waals surface area (Å²) >= 11 is 0. The van der Waals surface area contributed by atoms with Crippen LogP contribution >= 0.6 is 0 Å². The van der Waals surface area contributed by atoms with Crippen LogP contribution in [0, 0.1) is 0 Å². The van der Waals surface area contributed by atoms with Crippen LogP contribution in [0.5, 0.6) is 17.2 Å². The normalized spacial score (nSPS) is 10.3. The van der Waals surface area contributed by atoms with Gasteiger partial charge in [0.05, 0.1) is 39.8 Å². The van der Waals surface area contributed by atoms with Crippen LogP contribution in [0.3, 0.4) is 0 Å². The molecule has 9 nitrogen and oxygen atoms in total. The highest BCUT2D eigenvalue weighted by Crippen LogP contribution is 2.38. The van der Waals surface area contributed by atoms with Gasteiger partial charge >= 0.3 is 5.97 Å². The lowest BCUT2D eigenvalue weighted by molar-refractivity contribution is 0.0527. The maximum absolute atomic E-state index is 13.1. The average Bonchev–Trinajstić information content (AvgIpc) is 3.22. The van der Waals surface area contributed by atoms with Gasteiger partial charge in [-0.15, -0.1) is 0 Å². The average molecular weight is 425 g/mol. The Morgan fingerprint density at radius 1 is 1.00 bits per heavy atom. The van der Waals surface area contributed by atoms with Crippen LogP contribution < -0.4 is 19.5 Å². The van der Waals surface area contributed by atoms with Crippen molar-refractivity contribution in [3.63, 3.8) is 0 Å². The van der Waals surface area contributed by atoms with E-state index in [0.29, 0.717) is 22.9 Å². The third-order valence-electron chi connectivity index (χ3n) is 4.42. The third kappa shape index (κ3) is 4.45. The number of amides is 1. The Hall–Kier alpha value is -4.01. The van der Waals surface area contributed by atoms with Crippen molar-refractivity contribution < 1.29 is 28.5 Å². The second-order valence-corrected chi connectivity index (χ2v) is 6.24. The molecule has 0 radical (unpaired) electrons. The Morgan fingerprint density at radius 3 is 2.19 bits per heavy atom. The molecule has 31 heavy (non-hydrogen) atoms. The first-order valence-electron chi connectivity index (χ1n) is 9.45. The summed E-state index contributed by atoms with van der Waals surface area (Å²) in [4.78, 5) is 25.5. The maximum Gasteiger partial charge on any atom is 0.343 e. The lowest BCUT2D eigenvalue weighted by Crippen LogP contribution is -2.18. The van der Waals surface area contributed by atoms with E-state index in [2.05, 4.69) is 10.4 Å². The second-order valence-electron chi connectivity index (χ2n) is 6.24. The zero-order valence-electron chi connectivity index (χ0n) is 17.7. The van der Waals surface area contributed by atoms with Gasteiger partial charge in [0, 0.05) is 5.56 Å². The molecule has 1 amide bonds. The molecule has 2 aromatic carbocycles. The fourth-order valence-corrected chi connectivity index (χ4v) is 2.98. The molecule has 3 aromatic rings. The van der Waals surface area contributed by atoms with Gasteiger partial charge in [-0.05, 0) is 31.2 Å². The highest BCUT2D eigenvalue weighted by atomic mass is 16.5. The molecule has 3 rings (SSSR count). The van der Waals surface area contributed by atoms with E-state index in [1.165, 1.54) is 44.3 Å². The van der Waals surface area contributed by atoms with E-state index in [9.17, 15) is 9.59 Å². The number of rotatable bonds is 8. The molecule has 162 valence electrons. The molecule has 1 N–H and O–H groups in total. The van der Waals surface area contributed by atoms with Crippen molar-refractivity contribution >= 4 is 17.7 Å². The summed E-state index contributed by atoms with van der Waals surface area (Å²) in [5.74, 6) is 0.113. The first kappa shape index (κ1) is 21.7. The van der Waals surface area contributed by atoms with Crippen LogP contribution in [0.4, 0.5) is 5.82 Å².